The number of aliphatic hydroxyl groups excluding tert-OH is 1. The van der Waals surface area contributed by atoms with Gasteiger partial charge in [-0.1, -0.05) is 6.92 Å². The summed E-state index contributed by atoms with van der Waals surface area (Å²) < 4.78 is 0. The van der Waals surface area contributed by atoms with E-state index in [-0.39, 0.29) is 5.92 Å². The number of hydrogen-bond acceptors (Lipinski definition) is 3. The van der Waals surface area contributed by atoms with E-state index in [0.717, 1.165) is 39.6 Å². The van der Waals surface area contributed by atoms with E-state index in [4.69, 9.17) is 10.2 Å². The highest BCUT2D eigenvalue weighted by Gasteiger charge is 2.23. The van der Waals surface area contributed by atoms with Crippen molar-refractivity contribution in [1.82, 2.24) is 4.90 Å². The van der Waals surface area contributed by atoms with Crippen molar-refractivity contribution in [2.75, 3.05) is 26.7 Å². The summed E-state index contributed by atoms with van der Waals surface area (Å²) in [6, 6.07) is 0. The Morgan fingerprint density at radius 2 is 1.85 bits per heavy atom. The predicted molar refractivity (Wildman–Crippen MR) is 50.6 cm³/mol. The second-order valence-corrected chi connectivity index (χ2v) is 3.05. The fraction of sp³-hybridized carbons (Fsp3) is 0.889. The SMILES string of the molecule is CCN1CCC(C(=O)O)CC1.CO. The molecule has 1 heterocycles. The Balaban J connectivity index is 0.000000671. The van der Waals surface area contributed by atoms with E-state index >= 15 is 0 Å². The van der Waals surface area contributed by atoms with Crippen molar-refractivity contribution >= 4 is 5.97 Å². The first-order valence-corrected chi connectivity index (χ1v) is 4.64. The van der Waals surface area contributed by atoms with Gasteiger partial charge in [0.25, 0.3) is 0 Å². The van der Waals surface area contributed by atoms with Crippen LogP contribution in [0.5, 0.6) is 0 Å². The van der Waals surface area contributed by atoms with E-state index < -0.39 is 5.97 Å². The van der Waals surface area contributed by atoms with Crippen LogP contribution in [0.2, 0.25) is 0 Å². The molecule has 4 heteroatoms. The first-order chi connectivity index (χ1) is 6.24. The van der Waals surface area contributed by atoms with E-state index in [2.05, 4.69) is 11.8 Å². The first-order valence-electron chi connectivity index (χ1n) is 4.64. The van der Waals surface area contributed by atoms with E-state index in [9.17, 15) is 4.79 Å². The van der Waals surface area contributed by atoms with Crippen LogP contribution >= 0.6 is 0 Å². The highest BCUT2D eigenvalue weighted by molar-refractivity contribution is 5.70. The van der Waals surface area contributed by atoms with Crippen molar-refractivity contribution in [2.24, 2.45) is 5.92 Å². The van der Waals surface area contributed by atoms with E-state index in [1.165, 1.54) is 0 Å². The fourth-order valence-corrected chi connectivity index (χ4v) is 1.50. The lowest BCUT2D eigenvalue weighted by molar-refractivity contribution is -0.143. The smallest absolute Gasteiger partial charge is 0.306 e. The summed E-state index contributed by atoms with van der Waals surface area (Å²) in [5, 5.41) is 15.7. The first kappa shape index (κ1) is 12.4. The molecule has 1 saturated heterocycles. The minimum Gasteiger partial charge on any atom is -0.481 e. The number of carbonyl (C=O) groups is 1. The maximum Gasteiger partial charge on any atom is 0.306 e. The molecule has 0 amide bonds. The van der Waals surface area contributed by atoms with Crippen molar-refractivity contribution in [2.45, 2.75) is 19.8 Å². The van der Waals surface area contributed by atoms with E-state index in [1.807, 2.05) is 0 Å². The second-order valence-electron chi connectivity index (χ2n) is 3.05. The third-order valence-corrected chi connectivity index (χ3v) is 2.38. The van der Waals surface area contributed by atoms with Crippen molar-refractivity contribution in [3.05, 3.63) is 0 Å². The molecule has 1 rings (SSSR count). The summed E-state index contributed by atoms with van der Waals surface area (Å²) in [7, 11) is 1.00. The van der Waals surface area contributed by atoms with Crippen LogP contribution in [0.4, 0.5) is 0 Å². The third kappa shape index (κ3) is 4.24. The Labute approximate surface area is 79.2 Å². The Hall–Kier alpha value is -0.610. The van der Waals surface area contributed by atoms with Crippen LogP contribution < -0.4 is 0 Å². The topological polar surface area (TPSA) is 60.8 Å². The highest BCUT2D eigenvalue weighted by atomic mass is 16.4. The molecule has 78 valence electrons. The predicted octanol–water partition coefficient (Wildman–Crippen LogP) is 0.411. The highest BCUT2D eigenvalue weighted by Crippen LogP contribution is 2.16. The fourth-order valence-electron chi connectivity index (χ4n) is 1.50. The molecule has 0 saturated carbocycles. The Morgan fingerprint density at radius 1 is 1.38 bits per heavy atom. The maximum atomic E-state index is 10.5. The minimum atomic E-state index is -0.624. The van der Waals surface area contributed by atoms with Gasteiger partial charge in [0.05, 0.1) is 5.92 Å². The van der Waals surface area contributed by atoms with Gasteiger partial charge in [-0.2, -0.15) is 0 Å². The van der Waals surface area contributed by atoms with Gasteiger partial charge >= 0.3 is 5.97 Å². The lowest BCUT2D eigenvalue weighted by Gasteiger charge is -2.28. The molecule has 13 heavy (non-hydrogen) atoms. The van der Waals surface area contributed by atoms with Gasteiger partial charge in [0.2, 0.25) is 0 Å². The number of piperidine rings is 1. The number of likely N-dealkylation sites (tertiary alicyclic amines) is 1. The molecule has 0 aromatic carbocycles. The number of aliphatic hydroxyl groups is 1. The number of carboxylic acid groups (broad SMARTS) is 1. The molecule has 4 nitrogen and oxygen atoms in total. The molecule has 2 N–H and O–H groups in total. The number of nitrogens with zero attached hydrogens (tertiary/aromatic N) is 1. The lowest BCUT2D eigenvalue weighted by atomic mass is 9.97. The van der Waals surface area contributed by atoms with Gasteiger partial charge in [-0.25, -0.2) is 0 Å². The summed E-state index contributed by atoms with van der Waals surface area (Å²) in [5.41, 5.74) is 0. The molecule has 1 aliphatic rings. The van der Waals surface area contributed by atoms with Gasteiger partial charge in [-0.3, -0.25) is 4.79 Å². The van der Waals surface area contributed by atoms with Gasteiger partial charge in [0.15, 0.2) is 0 Å². The van der Waals surface area contributed by atoms with Gasteiger partial charge in [-0.05, 0) is 32.5 Å². The molecule has 0 aromatic rings. The van der Waals surface area contributed by atoms with Crippen LogP contribution in [0.25, 0.3) is 0 Å². The van der Waals surface area contributed by atoms with Crippen LogP contribution in [0.3, 0.4) is 0 Å². The summed E-state index contributed by atoms with van der Waals surface area (Å²) in [4.78, 5) is 12.8. The quantitative estimate of drug-likeness (QED) is 0.660. The molecule has 0 unspecified atom stereocenters. The largest absolute Gasteiger partial charge is 0.481 e. The van der Waals surface area contributed by atoms with Crippen molar-refractivity contribution in [3.63, 3.8) is 0 Å². The van der Waals surface area contributed by atoms with Crippen LogP contribution in [0.15, 0.2) is 0 Å². The molecule has 0 bridgehead atoms. The Kier molecular flexibility index (Phi) is 6.54. The van der Waals surface area contributed by atoms with Gasteiger partial charge < -0.3 is 15.1 Å². The molecule has 1 aliphatic heterocycles. The Morgan fingerprint density at radius 3 is 2.15 bits per heavy atom. The summed E-state index contributed by atoms with van der Waals surface area (Å²) >= 11 is 0. The average Bonchev–Trinajstić information content (AvgIpc) is 2.21. The number of hydrogen-bond donors (Lipinski definition) is 2. The zero-order valence-corrected chi connectivity index (χ0v) is 8.36. The van der Waals surface area contributed by atoms with Crippen molar-refractivity contribution in [3.8, 4) is 0 Å². The summed E-state index contributed by atoms with van der Waals surface area (Å²) in [6.07, 6.45) is 1.65. The third-order valence-electron chi connectivity index (χ3n) is 2.38. The molecular formula is C9H19NO3. The van der Waals surface area contributed by atoms with Gasteiger partial charge in [0.1, 0.15) is 0 Å². The molecule has 0 aliphatic carbocycles. The monoisotopic (exact) mass is 189 g/mol. The lowest BCUT2D eigenvalue weighted by Crippen LogP contribution is -2.35. The van der Waals surface area contributed by atoms with Crippen LogP contribution in [0, 0.1) is 5.92 Å². The van der Waals surface area contributed by atoms with Crippen LogP contribution in [0.1, 0.15) is 19.8 Å². The molecular weight excluding hydrogens is 170 g/mol. The minimum absolute atomic E-state index is 0.0854. The van der Waals surface area contributed by atoms with Gasteiger partial charge in [-0.15, -0.1) is 0 Å². The maximum absolute atomic E-state index is 10.5. The number of carboxylic acids is 1. The van der Waals surface area contributed by atoms with Crippen LogP contribution in [-0.2, 0) is 4.79 Å². The normalized spacial score (nSPS) is 19.0. The van der Waals surface area contributed by atoms with Crippen molar-refractivity contribution in [1.29, 1.82) is 0 Å². The molecule has 0 spiro atoms. The zero-order valence-electron chi connectivity index (χ0n) is 8.36. The van der Waals surface area contributed by atoms with Crippen molar-refractivity contribution < 1.29 is 15.0 Å². The van der Waals surface area contributed by atoms with E-state index in [1.54, 1.807) is 0 Å². The molecule has 0 aromatic heterocycles. The number of rotatable bonds is 2. The standard InChI is InChI=1S/C8H15NO2.CH4O/c1-2-9-5-3-7(4-6-9)8(10)11;1-2/h7H,2-6H2,1H3,(H,10,11);2H,1H3. The Bertz CT molecular complexity index is 142. The summed E-state index contributed by atoms with van der Waals surface area (Å²) in [5.74, 6) is -0.710. The zero-order chi connectivity index (χ0) is 10.3. The molecule has 1 fully saturated rings. The second kappa shape index (κ2) is 6.86. The summed E-state index contributed by atoms with van der Waals surface area (Å²) in [6.45, 7) is 5.06. The molecule has 0 radical (unpaired) electrons. The van der Waals surface area contributed by atoms with Crippen LogP contribution in [-0.4, -0.2) is 47.8 Å². The average molecular weight is 189 g/mol. The van der Waals surface area contributed by atoms with E-state index in [0.29, 0.717) is 0 Å². The molecule has 0 atom stereocenters. The van der Waals surface area contributed by atoms with Gasteiger partial charge in [0, 0.05) is 7.11 Å². The number of aliphatic carboxylic acids is 1.